The molecule has 102 valence electrons. The van der Waals surface area contributed by atoms with Crippen molar-refractivity contribution in [1.82, 2.24) is 0 Å². The van der Waals surface area contributed by atoms with Crippen molar-refractivity contribution in [2.75, 3.05) is 0 Å². The van der Waals surface area contributed by atoms with Gasteiger partial charge in [0, 0.05) is 10.6 Å². The first-order valence-corrected chi connectivity index (χ1v) is 7.91. The molecule has 0 spiro atoms. The number of allylic oxidation sites excluding steroid dienone is 2. The predicted molar refractivity (Wildman–Crippen MR) is 98.7 cm³/mol. The van der Waals surface area contributed by atoms with Gasteiger partial charge in [0.25, 0.3) is 0 Å². The average Bonchev–Trinajstić information content (AvgIpc) is 2.44. The fourth-order valence-corrected chi connectivity index (χ4v) is 2.83. The molecule has 0 heterocycles. The van der Waals surface area contributed by atoms with Crippen molar-refractivity contribution in [3.05, 3.63) is 79.3 Å². The van der Waals surface area contributed by atoms with Crippen LogP contribution in [0.3, 0.4) is 0 Å². The topological polar surface area (TPSA) is 0 Å². The van der Waals surface area contributed by atoms with Crippen molar-refractivity contribution in [3.63, 3.8) is 0 Å². The number of hydrogen-bond acceptors (Lipinski definition) is 0. The zero-order valence-electron chi connectivity index (χ0n) is 10.4. The lowest BCUT2D eigenvalue weighted by molar-refractivity contribution is 1.56. The fraction of sp³-hybridized carbons (Fsp3) is 0. The largest absolute Gasteiger partial charge is 0.0906 e. The van der Waals surface area contributed by atoms with E-state index in [9.17, 15) is 0 Å². The van der Waals surface area contributed by atoms with Gasteiger partial charge in [0.15, 0.2) is 0 Å². The van der Waals surface area contributed by atoms with Crippen LogP contribution in [0.1, 0.15) is 11.1 Å². The summed E-state index contributed by atoms with van der Waals surface area (Å²) in [5.41, 5.74) is 3.37. The molecule has 20 heavy (non-hydrogen) atoms. The molecule has 2 aromatic rings. The van der Waals surface area contributed by atoms with Crippen molar-refractivity contribution in [2.24, 2.45) is 0 Å². The van der Waals surface area contributed by atoms with E-state index < -0.39 is 0 Å². The molecule has 0 amide bonds. The van der Waals surface area contributed by atoms with Crippen LogP contribution >= 0.6 is 57.4 Å². The Kier molecular flexibility index (Phi) is 5.19. The minimum absolute atomic E-state index is 0.596. The van der Waals surface area contributed by atoms with Gasteiger partial charge in [0.1, 0.15) is 0 Å². The third kappa shape index (κ3) is 3.22. The van der Waals surface area contributed by atoms with Crippen LogP contribution in [0.5, 0.6) is 0 Å². The molecule has 0 nitrogen and oxygen atoms in total. The summed E-state index contributed by atoms with van der Waals surface area (Å²) in [6.07, 6.45) is 0. The molecule has 0 aliphatic carbocycles. The Labute approximate surface area is 147 Å². The molecule has 0 N–H and O–H groups in total. The van der Waals surface area contributed by atoms with E-state index in [0.29, 0.717) is 15.1 Å². The van der Waals surface area contributed by atoms with Crippen LogP contribution in [0, 0.1) is 3.57 Å². The van der Waals surface area contributed by atoms with E-state index in [2.05, 4.69) is 35.7 Å². The van der Waals surface area contributed by atoms with Gasteiger partial charge in [-0.1, -0.05) is 66.2 Å². The van der Waals surface area contributed by atoms with Gasteiger partial charge in [-0.3, -0.25) is 0 Å². The molecule has 0 aromatic heterocycles. The van der Waals surface area contributed by atoms with Gasteiger partial charge in [-0.05, 0) is 57.5 Å². The normalized spacial score (nSPS) is 10.4. The number of rotatable bonds is 3. The maximum atomic E-state index is 6.34. The standard InChI is InChI=1S/C16H10Cl3I/c1-9(11-3-5-12(17)6-4-11)10(2)13-7-8-14(18)16(20)15(13)19/h3-8H,1-2H2. The van der Waals surface area contributed by atoms with Crippen LogP contribution < -0.4 is 0 Å². The van der Waals surface area contributed by atoms with Crippen LogP contribution in [-0.4, -0.2) is 0 Å². The monoisotopic (exact) mass is 434 g/mol. The van der Waals surface area contributed by atoms with E-state index in [1.54, 1.807) is 0 Å². The first-order valence-electron chi connectivity index (χ1n) is 5.70. The van der Waals surface area contributed by atoms with Crippen molar-refractivity contribution < 1.29 is 0 Å². The molecule has 0 saturated heterocycles. The highest BCUT2D eigenvalue weighted by Crippen LogP contribution is 2.37. The Morgan fingerprint density at radius 3 is 2.05 bits per heavy atom. The Hall–Kier alpha value is -0.480. The molecule has 0 fully saturated rings. The Morgan fingerprint density at radius 1 is 0.850 bits per heavy atom. The summed E-state index contributed by atoms with van der Waals surface area (Å²) in [7, 11) is 0. The van der Waals surface area contributed by atoms with E-state index in [1.807, 2.05) is 36.4 Å². The molecule has 0 unspecified atom stereocenters. The molecule has 2 rings (SSSR count). The van der Waals surface area contributed by atoms with E-state index in [0.717, 1.165) is 25.8 Å². The van der Waals surface area contributed by atoms with Crippen LogP contribution in [0.2, 0.25) is 15.1 Å². The van der Waals surface area contributed by atoms with Crippen molar-refractivity contribution in [3.8, 4) is 0 Å². The van der Waals surface area contributed by atoms with Crippen molar-refractivity contribution >= 4 is 68.5 Å². The lowest BCUT2D eigenvalue weighted by Crippen LogP contribution is -1.91. The summed E-state index contributed by atoms with van der Waals surface area (Å²) in [6.45, 7) is 8.18. The third-order valence-electron chi connectivity index (χ3n) is 2.92. The predicted octanol–water partition coefficient (Wildman–Crippen LogP) is 6.98. The molecule has 0 bridgehead atoms. The second-order valence-corrected chi connectivity index (χ2v) is 6.49. The van der Waals surface area contributed by atoms with Crippen molar-refractivity contribution in [1.29, 1.82) is 0 Å². The van der Waals surface area contributed by atoms with Crippen LogP contribution in [0.15, 0.2) is 49.6 Å². The van der Waals surface area contributed by atoms with Gasteiger partial charge in [0.05, 0.1) is 13.6 Å². The van der Waals surface area contributed by atoms with Gasteiger partial charge in [0.2, 0.25) is 0 Å². The molecule has 2 aromatic carbocycles. The molecule has 0 aliphatic heterocycles. The summed E-state index contributed by atoms with van der Waals surface area (Å²) >= 11 is 20.4. The maximum absolute atomic E-state index is 6.34. The van der Waals surface area contributed by atoms with E-state index in [4.69, 9.17) is 34.8 Å². The fourth-order valence-electron chi connectivity index (χ4n) is 1.75. The molecule has 0 saturated carbocycles. The molecule has 0 radical (unpaired) electrons. The highest BCUT2D eigenvalue weighted by Gasteiger charge is 2.13. The van der Waals surface area contributed by atoms with E-state index >= 15 is 0 Å². The summed E-state index contributed by atoms with van der Waals surface area (Å²) in [5, 5.41) is 1.91. The van der Waals surface area contributed by atoms with Gasteiger partial charge in [-0.25, -0.2) is 0 Å². The van der Waals surface area contributed by atoms with Crippen molar-refractivity contribution in [2.45, 2.75) is 0 Å². The molecule has 0 atom stereocenters. The average molecular weight is 436 g/mol. The lowest BCUT2D eigenvalue weighted by atomic mass is 9.95. The molecular weight excluding hydrogens is 425 g/mol. The lowest BCUT2D eigenvalue weighted by Gasteiger charge is -2.13. The summed E-state index contributed by atoms with van der Waals surface area (Å²) in [5.74, 6) is 0. The number of hydrogen-bond donors (Lipinski definition) is 0. The summed E-state index contributed by atoms with van der Waals surface area (Å²) < 4.78 is 0.813. The van der Waals surface area contributed by atoms with E-state index in [1.165, 1.54) is 0 Å². The van der Waals surface area contributed by atoms with Crippen LogP contribution in [0.4, 0.5) is 0 Å². The maximum Gasteiger partial charge on any atom is 0.0632 e. The van der Waals surface area contributed by atoms with Gasteiger partial charge >= 0.3 is 0 Å². The zero-order chi connectivity index (χ0) is 14.9. The molecule has 0 aliphatic rings. The number of benzene rings is 2. The smallest absolute Gasteiger partial charge is 0.0632 e. The zero-order valence-corrected chi connectivity index (χ0v) is 14.8. The first-order chi connectivity index (χ1) is 9.41. The second-order valence-electron chi connectivity index (χ2n) is 4.19. The minimum Gasteiger partial charge on any atom is -0.0906 e. The van der Waals surface area contributed by atoms with Gasteiger partial charge < -0.3 is 0 Å². The Bertz CT molecular complexity index is 688. The molecule has 4 heteroatoms. The highest BCUT2D eigenvalue weighted by molar-refractivity contribution is 14.1. The van der Waals surface area contributed by atoms with Gasteiger partial charge in [-0.2, -0.15) is 0 Å². The van der Waals surface area contributed by atoms with Crippen LogP contribution in [-0.2, 0) is 0 Å². The Balaban J connectivity index is 2.39. The SMILES string of the molecule is C=C(C(=C)c1ccc(Cl)c(I)c1Cl)c1ccc(Cl)cc1. The highest BCUT2D eigenvalue weighted by atomic mass is 127. The summed E-state index contributed by atoms with van der Waals surface area (Å²) in [6, 6.07) is 11.1. The Morgan fingerprint density at radius 2 is 1.45 bits per heavy atom. The third-order valence-corrected chi connectivity index (χ3v) is 5.63. The minimum atomic E-state index is 0.596. The molecular formula is C16H10Cl3I. The quantitative estimate of drug-likeness (QED) is 0.277. The second kappa shape index (κ2) is 6.52. The summed E-state index contributed by atoms with van der Waals surface area (Å²) in [4.78, 5) is 0. The van der Waals surface area contributed by atoms with E-state index in [-0.39, 0.29) is 0 Å². The van der Waals surface area contributed by atoms with Gasteiger partial charge in [-0.15, -0.1) is 0 Å². The number of halogens is 4. The first kappa shape index (κ1) is 15.9. The van der Waals surface area contributed by atoms with Crippen LogP contribution in [0.25, 0.3) is 11.1 Å².